The molecule has 1 atom stereocenters. The third kappa shape index (κ3) is 4.82. The average Bonchev–Trinajstić information content (AvgIpc) is 3.23. The van der Waals surface area contributed by atoms with Crippen molar-refractivity contribution in [3.63, 3.8) is 0 Å². The number of likely N-dealkylation sites (tertiary alicyclic amines) is 1. The van der Waals surface area contributed by atoms with E-state index in [1.807, 2.05) is 4.90 Å². The van der Waals surface area contributed by atoms with Gasteiger partial charge in [0.1, 0.15) is 16.6 Å². The highest BCUT2D eigenvalue weighted by Crippen LogP contribution is 2.33. The van der Waals surface area contributed by atoms with Gasteiger partial charge in [0.25, 0.3) is 0 Å². The zero-order valence-electron chi connectivity index (χ0n) is 15.6. The lowest BCUT2D eigenvalue weighted by Gasteiger charge is -2.31. The summed E-state index contributed by atoms with van der Waals surface area (Å²) in [6.45, 7) is 1.31. The SMILES string of the molecule is O=C(CSc1ccc(F)cc1)N1CCC[C@@H](c2nnc(-c3ccccc3F)s2)C1. The van der Waals surface area contributed by atoms with Gasteiger partial charge >= 0.3 is 0 Å². The Labute approximate surface area is 176 Å². The van der Waals surface area contributed by atoms with Crippen molar-refractivity contribution in [1.29, 1.82) is 0 Å². The Morgan fingerprint density at radius 2 is 1.93 bits per heavy atom. The van der Waals surface area contributed by atoms with Crippen LogP contribution in [0.3, 0.4) is 0 Å². The van der Waals surface area contributed by atoms with E-state index in [0.717, 1.165) is 29.3 Å². The van der Waals surface area contributed by atoms with Crippen molar-refractivity contribution in [3.8, 4) is 10.6 Å². The van der Waals surface area contributed by atoms with Crippen molar-refractivity contribution in [2.24, 2.45) is 0 Å². The van der Waals surface area contributed by atoms with Crippen LogP contribution in [0.25, 0.3) is 10.6 Å². The molecule has 0 N–H and O–H groups in total. The Morgan fingerprint density at radius 3 is 2.72 bits per heavy atom. The number of nitrogens with zero attached hydrogens (tertiary/aromatic N) is 3. The largest absolute Gasteiger partial charge is 0.341 e. The number of thioether (sulfide) groups is 1. The molecule has 4 nitrogen and oxygen atoms in total. The molecule has 8 heteroatoms. The topological polar surface area (TPSA) is 46.1 Å². The van der Waals surface area contributed by atoms with E-state index in [2.05, 4.69) is 10.2 Å². The molecule has 1 aliphatic heterocycles. The van der Waals surface area contributed by atoms with E-state index in [1.54, 1.807) is 30.3 Å². The first-order valence-corrected chi connectivity index (χ1v) is 11.1. The molecule has 1 amide bonds. The van der Waals surface area contributed by atoms with Gasteiger partial charge in [0.2, 0.25) is 5.91 Å². The maximum absolute atomic E-state index is 14.0. The number of aromatic nitrogens is 2. The minimum atomic E-state index is -0.312. The summed E-state index contributed by atoms with van der Waals surface area (Å²) in [4.78, 5) is 15.4. The van der Waals surface area contributed by atoms with Crippen LogP contribution < -0.4 is 0 Å². The van der Waals surface area contributed by atoms with Crippen molar-refractivity contribution < 1.29 is 13.6 Å². The second kappa shape index (κ2) is 9.00. The molecule has 2 heterocycles. The molecule has 1 saturated heterocycles. The highest BCUT2D eigenvalue weighted by Gasteiger charge is 2.27. The molecule has 1 aromatic heterocycles. The Kier molecular flexibility index (Phi) is 6.20. The van der Waals surface area contributed by atoms with Gasteiger partial charge in [-0.25, -0.2) is 8.78 Å². The standard InChI is InChI=1S/C21H19F2N3OS2/c22-15-7-9-16(10-8-15)28-13-19(27)26-11-3-4-14(12-26)20-24-25-21(29-20)17-5-1-2-6-18(17)23/h1-2,5-10,14H,3-4,11-13H2/t14-/m1/s1. The van der Waals surface area contributed by atoms with Gasteiger partial charge in [-0.3, -0.25) is 4.79 Å². The van der Waals surface area contributed by atoms with Gasteiger partial charge < -0.3 is 4.90 Å². The summed E-state index contributed by atoms with van der Waals surface area (Å²) >= 11 is 2.80. The summed E-state index contributed by atoms with van der Waals surface area (Å²) in [6.07, 6.45) is 1.83. The maximum Gasteiger partial charge on any atom is 0.232 e. The Balaban J connectivity index is 1.39. The van der Waals surface area contributed by atoms with Crippen LogP contribution in [0.4, 0.5) is 8.78 Å². The fourth-order valence-corrected chi connectivity index (χ4v) is 5.11. The summed E-state index contributed by atoms with van der Waals surface area (Å²) in [7, 11) is 0. The second-order valence-electron chi connectivity index (χ2n) is 6.85. The van der Waals surface area contributed by atoms with Crippen LogP contribution in [0.1, 0.15) is 23.8 Å². The number of piperidine rings is 1. The predicted octanol–water partition coefficient (Wildman–Crippen LogP) is 4.98. The summed E-state index contributed by atoms with van der Waals surface area (Å²) in [5.41, 5.74) is 0.454. The zero-order valence-corrected chi connectivity index (χ0v) is 17.2. The number of hydrogen-bond donors (Lipinski definition) is 0. The van der Waals surface area contributed by atoms with Gasteiger partial charge in [-0.15, -0.1) is 22.0 Å². The summed E-state index contributed by atoms with van der Waals surface area (Å²) in [5.74, 6) is -0.112. The molecule has 29 heavy (non-hydrogen) atoms. The molecule has 0 spiro atoms. The molecule has 1 aliphatic rings. The average molecular weight is 432 g/mol. The van der Waals surface area contributed by atoms with Crippen molar-refractivity contribution in [1.82, 2.24) is 15.1 Å². The van der Waals surface area contributed by atoms with E-state index in [-0.39, 0.29) is 23.5 Å². The molecule has 2 aromatic carbocycles. The smallest absolute Gasteiger partial charge is 0.232 e. The fraction of sp³-hybridized carbons (Fsp3) is 0.286. The lowest BCUT2D eigenvalue weighted by molar-refractivity contribution is -0.129. The summed E-state index contributed by atoms with van der Waals surface area (Å²) < 4.78 is 27.0. The van der Waals surface area contributed by atoms with E-state index in [1.165, 1.54) is 41.3 Å². The molecular weight excluding hydrogens is 412 g/mol. The maximum atomic E-state index is 14.0. The number of benzene rings is 2. The molecule has 4 rings (SSSR count). The van der Waals surface area contributed by atoms with Crippen molar-refractivity contribution >= 4 is 29.0 Å². The molecule has 1 fully saturated rings. The normalized spacial score (nSPS) is 16.8. The van der Waals surface area contributed by atoms with Crippen molar-refractivity contribution in [2.45, 2.75) is 23.7 Å². The van der Waals surface area contributed by atoms with Crippen LogP contribution in [-0.4, -0.2) is 39.8 Å². The van der Waals surface area contributed by atoms with E-state index < -0.39 is 0 Å². The van der Waals surface area contributed by atoms with Gasteiger partial charge in [-0.1, -0.05) is 23.5 Å². The molecule has 0 bridgehead atoms. The number of carbonyl (C=O) groups excluding carboxylic acids is 1. The van der Waals surface area contributed by atoms with Gasteiger partial charge in [0, 0.05) is 29.5 Å². The highest BCUT2D eigenvalue weighted by molar-refractivity contribution is 8.00. The van der Waals surface area contributed by atoms with Crippen LogP contribution in [-0.2, 0) is 4.79 Å². The first kappa shape index (κ1) is 20.0. The Bertz CT molecular complexity index is 994. The molecular formula is C21H19F2N3OS2. The molecule has 150 valence electrons. The van der Waals surface area contributed by atoms with Crippen LogP contribution in [0.2, 0.25) is 0 Å². The Morgan fingerprint density at radius 1 is 1.14 bits per heavy atom. The number of rotatable bonds is 5. The number of halogens is 2. The van der Waals surface area contributed by atoms with Crippen molar-refractivity contribution in [3.05, 3.63) is 65.2 Å². The van der Waals surface area contributed by atoms with Gasteiger partial charge in [-0.2, -0.15) is 0 Å². The van der Waals surface area contributed by atoms with E-state index in [0.29, 0.717) is 22.9 Å². The first-order chi connectivity index (χ1) is 14.1. The van der Waals surface area contributed by atoms with Gasteiger partial charge in [-0.05, 0) is 49.2 Å². The van der Waals surface area contributed by atoms with Crippen LogP contribution >= 0.6 is 23.1 Å². The van der Waals surface area contributed by atoms with E-state index in [9.17, 15) is 13.6 Å². The Hall–Kier alpha value is -2.32. The predicted molar refractivity (Wildman–Crippen MR) is 111 cm³/mol. The monoisotopic (exact) mass is 431 g/mol. The van der Waals surface area contributed by atoms with E-state index in [4.69, 9.17) is 0 Å². The molecule has 3 aromatic rings. The molecule has 0 unspecified atom stereocenters. The van der Waals surface area contributed by atoms with Crippen LogP contribution in [0.5, 0.6) is 0 Å². The molecule has 0 saturated carbocycles. The van der Waals surface area contributed by atoms with Crippen LogP contribution in [0.15, 0.2) is 53.4 Å². The quantitative estimate of drug-likeness (QED) is 0.535. The number of amides is 1. The van der Waals surface area contributed by atoms with Gasteiger partial charge in [0.15, 0.2) is 5.01 Å². The third-order valence-corrected chi connectivity index (χ3v) is 6.96. The van der Waals surface area contributed by atoms with Gasteiger partial charge in [0.05, 0.1) is 5.75 Å². The third-order valence-electron chi connectivity index (χ3n) is 4.84. The lowest BCUT2D eigenvalue weighted by atomic mass is 9.99. The lowest BCUT2D eigenvalue weighted by Crippen LogP contribution is -2.40. The number of hydrogen-bond acceptors (Lipinski definition) is 5. The molecule has 0 radical (unpaired) electrons. The van der Waals surface area contributed by atoms with Crippen molar-refractivity contribution in [2.75, 3.05) is 18.8 Å². The summed E-state index contributed by atoms with van der Waals surface area (Å²) in [6, 6.07) is 12.7. The number of carbonyl (C=O) groups is 1. The highest BCUT2D eigenvalue weighted by atomic mass is 32.2. The summed E-state index contributed by atoms with van der Waals surface area (Å²) in [5, 5.41) is 9.84. The zero-order chi connectivity index (χ0) is 20.2. The fourth-order valence-electron chi connectivity index (χ4n) is 3.32. The van der Waals surface area contributed by atoms with E-state index >= 15 is 0 Å². The first-order valence-electron chi connectivity index (χ1n) is 9.34. The minimum absolute atomic E-state index is 0.0582. The van der Waals surface area contributed by atoms with Crippen LogP contribution in [0, 0.1) is 11.6 Å². The second-order valence-corrected chi connectivity index (χ2v) is 8.90. The molecule has 0 aliphatic carbocycles. The minimum Gasteiger partial charge on any atom is -0.341 e.